The van der Waals surface area contributed by atoms with Gasteiger partial charge in [-0.1, -0.05) is 12.1 Å². The first kappa shape index (κ1) is 20.0. The van der Waals surface area contributed by atoms with Gasteiger partial charge in [0.2, 0.25) is 5.89 Å². The number of hydrogen-bond donors (Lipinski definition) is 1. The number of fused-ring (bicyclic) bond motifs is 1. The number of hydrogen-bond acceptors (Lipinski definition) is 6. The Kier molecular flexibility index (Phi) is 5.32. The molecule has 0 unspecified atom stereocenters. The molecule has 0 spiro atoms. The number of nitro benzene ring substituents is 1. The summed E-state index contributed by atoms with van der Waals surface area (Å²) in [6, 6.07) is 15.2. The zero-order valence-corrected chi connectivity index (χ0v) is 16.9. The lowest BCUT2D eigenvalue weighted by atomic mass is 10.1. The Hall–Kier alpha value is -4.26. The highest BCUT2D eigenvalue weighted by molar-refractivity contribution is 5.83. The van der Waals surface area contributed by atoms with Crippen LogP contribution in [0.25, 0.3) is 28.6 Å². The molecule has 0 saturated heterocycles. The highest BCUT2D eigenvalue weighted by Gasteiger charge is 2.14. The second kappa shape index (κ2) is 8.23. The molecule has 1 heterocycles. The average Bonchev–Trinajstić information content (AvgIpc) is 3.15. The summed E-state index contributed by atoms with van der Waals surface area (Å²) in [5.74, 6) is 0.347. The zero-order chi connectivity index (χ0) is 22.0. The van der Waals surface area contributed by atoms with Crippen molar-refractivity contribution < 1.29 is 14.4 Å². The predicted molar refractivity (Wildman–Crippen MR) is 121 cm³/mol. The molecule has 31 heavy (non-hydrogen) atoms. The number of allylic oxidation sites excluding steroid dienone is 1. The number of aliphatic imine (C=N–C) groups is 1. The SMILES string of the molecule is Cc1cc2nc(-c3cc(N=CC=Cc4ccccc4[N+](=O)[O-])ccc3O)oc2cc1C. The molecule has 7 heteroatoms. The first-order valence-corrected chi connectivity index (χ1v) is 9.58. The van der Waals surface area contributed by atoms with Crippen LogP contribution >= 0.6 is 0 Å². The number of aromatic nitrogens is 1. The van der Waals surface area contributed by atoms with Gasteiger partial charge in [0.25, 0.3) is 5.69 Å². The van der Waals surface area contributed by atoms with Crippen LogP contribution in [0.4, 0.5) is 11.4 Å². The van der Waals surface area contributed by atoms with Gasteiger partial charge in [-0.25, -0.2) is 4.98 Å². The Morgan fingerprint density at radius 3 is 2.68 bits per heavy atom. The fraction of sp³-hybridized carbons (Fsp3) is 0.0833. The number of benzene rings is 3. The van der Waals surface area contributed by atoms with Crippen LogP contribution in [-0.4, -0.2) is 21.2 Å². The van der Waals surface area contributed by atoms with Crippen molar-refractivity contribution >= 4 is 34.8 Å². The quantitative estimate of drug-likeness (QED) is 0.240. The Balaban J connectivity index is 1.61. The van der Waals surface area contributed by atoms with E-state index in [-0.39, 0.29) is 11.4 Å². The van der Waals surface area contributed by atoms with Crippen LogP contribution < -0.4 is 0 Å². The number of phenols is 1. The van der Waals surface area contributed by atoms with Gasteiger partial charge in [-0.3, -0.25) is 15.1 Å². The van der Waals surface area contributed by atoms with E-state index >= 15 is 0 Å². The van der Waals surface area contributed by atoms with Gasteiger partial charge in [0.05, 0.1) is 21.7 Å². The maximum absolute atomic E-state index is 11.1. The monoisotopic (exact) mass is 413 g/mol. The minimum atomic E-state index is -0.424. The molecule has 0 saturated carbocycles. The number of aromatic hydroxyl groups is 1. The third kappa shape index (κ3) is 4.20. The van der Waals surface area contributed by atoms with Crippen molar-refractivity contribution in [2.45, 2.75) is 13.8 Å². The Morgan fingerprint density at radius 1 is 1.10 bits per heavy atom. The van der Waals surface area contributed by atoms with E-state index in [0.29, 0.717) is 28.3 Å². The Labute approximate surface area is 178 Å². The number of aryl methyl sites for hydroxylation is 2. The van der Waals surface area contributed by atoms with E-state index in [2.05, 4.69) is 9.98 Å². The van der Waals surface area contributed by atoms with Crippen molar-refractivity contribution in [2.75, 3.05) is 0 Å². The lowest BCUT2D eigenvalue weighted by Crippen LogP contribution is -1.90. The maximum Gasteiger partial charge on any atom is 0.276 e. The van der Waals surface area contributed by atoms with Crippen LogP contribution in [0.5, 0.6) is 5.75 Å². The van der Waals surface area contributed by atoms with Crippen LogP contribution in [-0.2, 0) is 0 Å². The molecule has 1 N–H and O–H groups in total. The number of phenolic OH excluding ortho intramolecular Hbond substituents is 1. The molecule has 0 aliphatic heterocycles. The van der Waals surface area contributed by atoms with E-state index in [1.165, 1.54) is 18.3 Å². The molecule has 0 aliphatic carbocycles. The van der Waals surface area contributed by atoms with E-state index < -0.39 is 4.92 Å². The van der Waals surface area contributed by atoms with Gasteiger partial charge < -0.3 is 9.52 Å². The molecule has 0 fully saturated rings. The summed E-state index contributed by atoms with van der Waals surface area (Å²) in [5.41, 5.74) is 5.11. The molecule has 3 aromatic carbocycles. The molecule has 7 nitrogen and oxygen atoms in total. The molecular formula is C24H19N3O4. The largest absolute Gasteiger partial charge is 0.507 e. The van der Waals surface area contributed by atoms with E-state index in [4.69, 9.17) is 4.42 Å². The van der Waals surface area contributed by atoms with E-state index in [9.17, 15) is 15.2 Å². The van der Waals surface area contributed by atoms with Gasteiger partial charge >= 0.3 is 0 Å². The van der Waals surface area contributed by atoms with Gasteiger partial charge in [0.15, 0.2) is 5.58 Å². The second-order valence-electron chi connectivity index (χ2n) is 7.08. The zero-order valence-electron chi connectivity index (χ0n) is 16.9. The molecule has 0 atom stereocenters. The molecule has 0 aliphatic rings. The molecule has 4 rings (SSSR count). The second-order valence-corrected chi connectivity index (χ2v) is 7.08. The van der Waals surface area contributed by atoms with Crippen molar-refractivity contribution in [3.63, 3.8) is 0 Å². The summed E-state index contributed by atoms with van der Waals surface area (Å²) >= 11 is 0. The van der Waals surface area contributed by atoms with Crippen molar-refractivity contribution in [2.24, 2.45) is 4.99 Å². The average molecular weight is 413 g/mol. The van der Waals surface area contributed by atoms with Crippen LogP contribution in [0.1, 0.15) is 16.7 Å². The smallest absolute Gasteiger partial charge is 0.276 e. The summed E-state index contributed by atoms with van der Waals surface area (Å²) in [5, 5.41) is 21.4. The molecule has 0 bridgehead atoms. The van der Waals surface area contributed by atoms with E-state index in [1.54, 1.807) is 42.5 Å². The fourth-order valence-electron chi connectivity index (χ4n) is 3.14. The lowest BCUT2D eigenvalue weighted by Gasteiger charge is -2.01. The first-order chi connectivity index (χ1) is 14.9. The number of nitrogens with zero attached hydrogens (tertiary/aromatic N) is 3. The number of para-hydroxylation sites is 1. The summed E-state index contributed by atoms with van der Waals surface area (Å²) in [6.45, 7) is 4.01. The van der Waals surface area contributed by atoms with Gasteiger partial charge in [-0.2, -0.15) is 0 Å². The van der Waals surface area contributed by atoms with Crippen molar-refractivity contribution in [1.82, 2.24) is 4.98 Å². The van der Waals surface area contributed by atoms with Gasteiger partial charge in [0.1, 0.15) is 11.3 Å². The summed E-state index contributed by atoms with van der Waals surface area (Å²) < 4.78 is 5.84. The van der Waals surface area contributed by atoms with Crippen LogP contribution in [0.3, 0.4) is 0 Å². The fourth-order valence-corrected chi connectivity index (χ4v) is 3.14. The highest BCUT2D eigenvalue weighted by atomic mass is 16.6. The molecule has 0 amide bonds. The number of oxazole rings is 1. The Bertz CT molecular complexity index is 1310. The van der Waals surface area contributed by atoms with Crippen molar-refractivity contribution in [3.05, 3.63) is 87.5 Å². The van der Waals surface area contributed by atoms with Crippen molar-refractivity contribution in [1.29, 1.82) is 0 Å². The third-order valence-electron chi connectivity index (χ3n) is 4.93. The third-order valence-corrected chi connectivity index (χ3v) is 4.93. The van der Waals surface area contributed by atoms with Gasteiger partial charge in [-0.05, 0) is 73.5 Å². The molecule has 154 valence electrons. The van der Waals surface area contributed by atoms with Gasteiger partial charge in [-0.15, -0.1) is 0 Å². The lowest BCUT2D eigenvalue weighted by molar-refractivity contribution is -0.385. The highest BCUT2D eigenvalue weighted by Crippen LogP contribution is 2.34. The first-order valence-electron chi connectivity index (χ1n) is 9.58. The minimum Gasteiger partial charge on any atom is -0.507 e. The minimum absolute atomic E-state index is 0.0282. The summed E-state index contributed by atoms with van der Waals surface area (Å²) in [7, 11) is 0. The van der Waals surface area contributed by atoms with Gasteiger partial charge in [0, 0.05) is 12.3 Å². The van der Waals surface area contributed by atoms with E-state index in [1.807, 2.05) is 26.0 Å². The van der Waals surface area contributed by atoms with E-state index in [0.717, 1.165) is 16.6 Å². The van der Waals surface area contributed by atoms with Crippen LogP contribution in [0.2, 0.25) is 0 Å². The number of rotatable bonds is 5. The standard InChI is InChI=1S/C24H19N3O4/c1-15-12-20-23(13-16(15)2)31-24(26-20)19-14-18(9-10-22(19)28)25-11-5-7-17-6-3-4-8-21(17)27(29)30/h3-14,28H,1-2H3. The predicted octanol–water partition coefficient (Wildman–Crippen LogP) is 6.14. The molecule has 0 radical (unpaired) electrons. The molecule has 1 aromatic heterocycles. The molecular weight excluding hydrogens is 394 g/mol. The molecule has 4 aromatic rings. The van der Waals surface area contributed by atoms with Crippen LogP contribution in [0.15, 0.2) is 70.1 Å². The Morgan fingerprint density at radius 2 is 1.87 bits per heavy atom. The normalized spacial score (nSPS) is 11.7. The summed E-state index contributed by atoms with van der Waals surface area (Å²) in [6.07, 6.45) is 4.78. The summed E-state index contributed by atoms with van der Waals surface area (Å²) in [4.78, 5) is 19.5. The topological polar surface area (TPSA) is 102 Å². The van der Waals surface area contributed by atoms with Crippen molar-refractivity contribution in [3.8, 4) is 17.2 Å². The maximum atomic E-state index is 11.1. The van der Waals surface area contributed by atoms with Crippen LogP contribution in [0, 0.1) is 24.0 Å². The number of nitro groups is 1.